The lowest BCUT2D eigenvalue weighted by atomic mass is 9.67. The summed E-state index contributed by atoms with van der Waals surface area (Å²) in [5.74, 6) is 1.10. The molecule has 0 aliphatic rings. The Labute approximate surface area is 137 Å². The van der Waals surface area contributed by atoms with Crippen LogP contribution in [0.1, 0.15) is 38.8 Å². The molecule has 0 bridgehead atoms. The highest BCUT2D eigenvalue weighted by Crippen LogP contribution is 2.36. The van der Waals surface area contributed by atoms with E-state index in [2.05, 4.69) is 0 Å². The number of phenolic OH excluding ortho intramolecular Hbond substituents is 1. The number of phenols is 1. The number of hydrogen-bond acceptors (Lipinski definition) is 3. The van der Waals surface area contributed by atoms with Crippen LogP contribution in [-0.4, -0.2) is 18.0 Å². The van der Waals surface area contributed by atoms with Crippen molar-refractivity contribution in [3.8, 4) is 11.5 Å². The lowest BCUT2D eigenvalue weighted by Crippen LogP contribution is -2.42. The normalized spacial score (nSPS) is 12.0. The van der Waals surface area contributed by atoms with Gasteiger partial charge in [0.1, 0.15) is 11.5 Å². The van der Waals surface area contributed by atoms with Gasteiger partial charge in [-0.25, -0.2) is 0 Å². The molecule has 2 aromatic rings. The molecule has 0 fully saturated rings. The van der Waals surface area contributed by atoms with Gasteiger partial charge in [0.2, 0.25) is 0 Å². The third-order valence-electron chi connectivity index (χ3n) is 4.54. The van der Waals surface area contributed by atoms with Crippen molar-refractivity contribution in [1.29, 1.82) is 0 Å². The third kappa shape index (κ3) is 3.24. The first kappa shape index (κ1) is 17.1. The van der Waals surface area contributed by atoms with Crippen LogP contribution in [0.5, 0.6) is 11.5 Å². The van der Waals surface area contributed by atoms with Gasteiger partial charge in [-0.1, -0.05) is 24.3 Å². The standard InChI is InChI=1S/C20H24O3/c1-19(2,14-6-10-16(21)11-7-14)18(22)20(3,4)15-8-12-17(23-5)13-9-15/h6-13,21H,1-5H3. The summed E-state index contributed by atoms with van der Waals surface area (Å²) in [5.41, 5.74) is 0.558. The molecule has 23 heavy (non-hydrogen) atoms. The van der Waals surface area contributed by atoms with Gasteiger partial charge in [-0.05, 0) is 63.1 Å². The second-order valence-electron chi connectivity index (χ2n) is 6.85. The number of benzene rings is 2. The summed E-state index contributed by atoms with van der Waals surface area (Å²) in [5, 5.41) is 9.45. The van der Waals surface area contributed by atoms with Crippen LogP contribution >= 0.6 is 0 Å². The van der Waals surface area contributed by atoms with Gasteiger partial charge in [-0.15, -0.1) is 0 Å². The summed E-state index contributed by atoms with van der Waals surface area (Å²) < 4.78 is 5.18. The molecule has 0 aromatic heterocycles. The number of hydrogen-bond donors (Lipinski definition) is 1. The van der Waals surface area contributed by atoms with Crippen molar-refractivity contribution in [2.45, 2.75) is 38.5 Å². The van der Waals surface area contributed by atoms with Gasteiger partial charge in [-0.3, -0.25) is 4.79 Å². The highest BCUT2D eigenvalue weighted by molar-refractivity contribution is 5.97. The Kier molecular flexibility index (Phi) is 4.51. The molecule has 0 heterocycles. The van der Waals surface area contributed by atoms with E-state index in [1.165, 1.54) is 0 Å². The molecule has 1 N–H and O–H groups in total. The zero-order valence-electron chi connectivity index (χ0n) is 14.4. The predicted octanol–water partition coefficient (Wildman–Crippen LogP) is 4.23. The highest BCUT2D eigenvalue weighted by Gasteiger charge is 2.41. The van der Waals surface area contributed by atoms with Gasteiger partial charge in [0, 0.05) is 10.8 Å². The Morgan fingerprint density at radius 2 is 1.22 bits per heavy atom. The molecule has 122 valence electrons. The van der Waals surface area contributed by atoms with Crippen LogP contribution in [0.15, 0.2) is 48.5 Å². The van der Waals surface area contributed by atoms with Gasteiger partial charge >= 0.3 is 0 Å². The van der Waals surface area contributed by atoms with E-state index < -0.39 is 10.8 Å². The van der Waals surface area contributed by atoms with E-state index in [-0.39, 0.29) is 11.5 Å². The molecule has 0 aliphatic heterocycles. The fraction of sp³-hybridized carbons (Fsp3) is 0.350. The van der Waals surface area contributed by atoms with E-state index in [0.29, 0.717) is 0 Å². The molecule has 0 amide bonds. The second-order valence-corrected chi connectivity index (χ2v) is 6.85. The minimum atomic E-state index is -0.656. The quantitative estimate of drug-likeness (QED) is 0.899. The van der Waals surface area contributed by atoms with E-state index in [1.54, 1.807) is 31.4 Å². The fourth-order valence-electron chi connectivity index (χ4n) is 2.93. The molecule has 2 aromatic carbocycles. The smallest absolute Gasteiger partial charge is 0.152 e. The van der Waals surface area contributed by atoms with Crippen molar-refractivity contribution in [2.75, 3.05) is 7.11 Å². The average Bonchev–Trinajstić information content (AvgIpc) is 2.54. The molecule has 0 atom stereocenters. The Hall–Kier alpha value is -2.29. The topological polar surface area (TPSA) is 46.5 Å². The molecule has 2 rings (SSSR count). The van der Waals surface area contributed by atoms with Crippen LogP contribution in [0, 0.1) is 0 Å². The van der Waals surface area contributed by atoms with E-state index in [1.807, 2.05) is 52.0 Å². The number of carbonyl (C=O) groups is 1. The van der Waals surface area contributed by atoms with Crippen LogP contribution < -0.4 is 4.74 Å². The monoisotopic (exact) mass is 312 g/mol. The van der Waals surface area contributed by atoms with Crippen molar-refractivity contribution < 1.29 is 14.6 Å². The predicted molar refractivity (Wildman–Crippen MR) is 92.2 cm³/mol. The molecule has 0 saturated carbocycles. The van der Waals surface area contributed by atoms with Crippen molar-refractivity contribution in [2.24, 2.45) is 0 Å². The highest BCUT2D eigenvalue weighted by atomic mass is 16.5. The Balaban J connectivity index is 2.37. The van der Waals surface area contributed by atoms with E-state index >= 15 is 0 Å². The molecular formula is C20H24O3. The van der Waals surface area contributed by atoms with Gasteiger partial charge < -0.3 is 9.84 Å². The largest absolute Gasteiger partial charge is 0.508 e. The number of ketones is 1. The number of Topliss-reactive ketones (excluding diaryl/α,β-unsaturated/α-hetero) is 1. The summed E-state index contributed by atoms with van der Waals surface area (Å²) in [6.45, 7) is 7.73. The SMILES string of the molecule is COc1ccc(C(C)(C)C(=O)C(C)(C)c2ccc(O)cc2)cc1. The summed E-state index contributed by atoms with van der Waals surface area (Å²) in [7, 11) is 1.62. The summed E-state index contributed by atoms with van der Waals surface area (Å²) in [6, 6.07) is 14.5. The van der Waals surface area contributed by atoms with Gasteiger partial charge in [0.05, 0.1) is 7.11 Å². The first-order chi connectivity index (χ1) is 10.7. The summed E-state index contributed by atoms with van der Waals surface area (Å²) in [4.78, 5) is 13.2. The molecule has 0 radical (unpaired) electrons. The van der Waals surface area contributed by atoms with Crippen molar-refractivity contribution in [3.05, 3.63) is 59.7 Å². The Morgan fingerprint density at radius 3 is 1.61 bits per heavy atom. The number of methoxy groups -OCH3 is 1. The maximum atomic E-state index is 13.2. The molecule has 0 saturated heterocycles. The lowest BCUT2D eigenvalue weighted by Gasteiger charge is -2.34. The van der Waals surface area contributed by atoms with Crippen LogP contribution in [0.4, 0.5) is 0 Å². The molecule has 3 nitrogen and oxygen atoms in total. The third-order valence-corrected chi connectivity index (χ3v) is 4.54. The van der Waals surface area contributed by atoms with Gasteiger partial charge in [0.25, 0.3) is 0 Å². The summed E-state index contributed by atoms with van der Waals surface area (Å²) >= 11 is 0. The first-order valence-electron chi connectivity index (χ1n) is 7.68. The fourth-order valence-corrected chi connectivity index (χ4v) is 2.93. The van der Waals surface area contributed by atoms with Gasteiger partial charge in [0.15, 0.2) is 5.78 Å². The van der Waals surface area contributed by atoms with Crippen LogP contribution in [0.3, 0.4) is 0 Å². The van der Waals surface area contributed by atoms with E-state index in [0.717, 1.165) is 16.9 Å². The second kappa shape index (κ2) is 6.07. The minimum absolute atomic E-state index is 0.126. The molecule has 0 aliphatic carbocycles. The van der Waals surface area contributed by atoms with Crippen LogP contribution in [0.2, 0.25) is 0 Å². The number of ether oxygens (including phenoxy) is 1. The van der Waals surface area contributed by atoms with Crippen molar-refractivity contribution in [3.63, 3.8) is 0 Å². The summed E-state index contributed by atoms with van der Waals surface area (Å²) in [6.07, 6.45) is 0. The number of carbonyl (C=O) groups excluding carboxylic acids is 1. The molecule has 0 spiro atoms. The number of aromatic hydroxyl groups is 1. The van der Waals surface area contributed by atoms with Crippen LogP contribution in [-0.2, 0) is 15.6 Å². The number of rotatable bonds is 5. The zero-order chi connectivity index (χ0) is 17.3. The lowest BCUT2D eigenvalue weighted by molar-refractivity contribution is -0.128. The molecule has 3 heteroatoms. The zero-order valence-corrected chi connectivity index (χ0v) is 14.4. The average molecular weight is 312 g/mol. The van der Waals surface area contributed by atoms with Crippen molar-refractivity contribution >= 4 is 5.78 Å². The van der Waals surface area contributed by atoms with Gasteiger partial charge in [-0.2, -0.15) is 0 Å². The minimum Gasteiger partial charge on any atom is -0.508 e. The Bertz CT molecular complexity index is 680. The van der Waals surface area contributed by atoms with E-state index in [9.17, 15) is 9.90 Å². The first-order valence-corrected chi connectivity index (χ1v) is 7.68. The molecule has 0 unspecified atom stereocenters. The van der Waals surface area contributed by atoms with Crippen molar-refractivity contribution in [1.82, 2.24) is 0 Å². The maximum absolute atomic E-state index is 13.2. The Morgan fingerprint density at radius 1 is 0.826 bits per heavy atom. The maximum Gasteiger partial charge on any atom is 0.152 e. The van der Waals surface area contributed by atoms with Crippen LogP contribution in [0.25, 0.3) is 0 Å². The molecular weight excluding hydrogens is 288 g/mol. The van der Waals surface area contributed by atoms with E-state index in [4.69, 9.17) is 4.74 Å².